The molecule has 0 aromatic heterocycles. The molecule has 2 aromatic carbocycles. The van der Waals surface area contributed by atoms with Gasteiger partial charge in [-0.15, -0.1) is 0 Å². The van der Waals surface area contributed by atoms with Crippen LogP contribution in [0.3, 0.4) is 0 Å². The minimum atomic E-state index is -0.196. The molecule has 0 heterocycles. The fraction of sp³-hybridized carbons (Fsp3) is 0.188. The Hall–Kier alpha value is -2.00. The molecule has 4 heteroatoms. The zero-order valence-corrected chi connectivity index (χ0v) is 12.1. The van der Waals surface area contributed by atoms with E-state index in [2.05, 4.69) is 24.4 Å². The fourth-order valence-corrected chi connectivity index (χ4v) is 2.09. The van der Waals surface area contributed by atoms with E-state index in [1.807, 2.05) is 12.1 Å². The van der Waals surface area contributed by atoms with Crippen LogP contribution in [-0.4, -0.2) is 5.91 Å². The number of nitrogens with two attached hydrogens (primary N) is 1. The molecule has 0 fully saturated rings. The van der Waals surface area contributed by atoms with Crippen molar-refractivity contribution in [2.45, 2.75) is 19.9 Å². The molecule has 2 rings (SSSR count). The number of halogens is 1. The molecule has 0 saturated carbocycles. The third kappa shape index (κ3) is 3.52. The topological polar surface area (TPSA) is 55.1 Å². The number of benzene rings is 2. The summed E-state index contributed by atoms with van der Waals surface area (Å²) in [5, 5.41) is 3.37. The second kappa shape index (κ2) is 6.44. The lowest BCUT2D eigenvalue weighted by atomic mass is 10.1. The minimum Gasteiger partial charge on any atom is -0.398 e. The average Bonchev–Trinajstić information content (AvgIpc) is 2.45. The molecule has 0 unspecified atom stereocenters. The molecule has 1 amide bonds. The summed E-state index contributed by atoms with van der Waals surface area (Å²) in [6.07, 6.45) is 1.01. The van der Waals surface area contributed by atoms with E-state index < -0.39 is 0 Å². The molecule has 0 aliphatic rings. The molecular weight excluding hydrogens is 272 g/mol. The molecule has 0 atom stereocenters. The van der Waals surface area contributed by atoms with Crippen LogP contribution in [-0.2, 0) is 13.0 Å². The van der Waals surface area contributed by atoms with E-state index in [9.17, 15) is 4.79 Å². The van der Waals surface area contributed by atoms with Crippen molar-refractivity contribution in [2.24, 2.45) is 0 Å². The summed E-state index contributed by atoms with van der Waals surface area (Å²) in [6.45, 7) is 2.59. The maximum Gasteiger partial charge on any atom is 0.253 e. The Kier molecular flexibility index (Phi) is 4.64. The van der Waals surface area contributed by atoms with Gasteiger partial charge in [-0.2, -0.15) is 0 Å². The summed E-state index contributed by atoms with van der Waals surface area (Å²) in [6, 6.07) is 13.0. The normalized spacial score (nSPS) is 10.3. The van der Waals surface area contributed by atoms with Crippen molar-refractivity contribution < 1.29 is 4.79 Å². The van der Waals surface area contributed by atoms with Gasteiger partial charge < -0.3 is 11.1 Å². The van der Waals surface area contributed by atoms with Crippen LogP contribution in [0.2, 0.25) is 5.02 Å². The summed E-state index contributed by atoms with van der Waals surface area (Å²) in [4.78, 5) is 12.0. The Balaban J connectivity index is 2.00. The van der Waals surface area contributed by atoms with Crippen molar-refractivity contribution in [1.29, 1.82) is 0 Å². The number of carbonyl (C=O) groups excluding carboxylic acids is 1. The van der Waals surface area contributed by atoms with Crippen LogP contribution >= 0.6 is 11.6 Å². The third-order valence-electron chi connectivity index (χ3n) is 3.14. The maximum absolute atomic E-state index is 12.0. The van der Waals surface area contributed by atoms with E-state index in [-0.39, 0.29) is 5.91 Å². The van der Waals surface area contributed by atoms with Gasteiger partial charge in [0.25, 0.3) is 5.91 Å². The molecule has 2 aromatic rings. The largest absolute Gasteiger partial charge is 0.398 e. The number of hydrogen-bond donors (Lipinski definition) is 2. The van der Waals surface area contributed by atoms with Crippen LogP contribution in [0.4, 0.5) is 5.69 Å². The lowest BCUT2D eigenvalue weighted by Crippen LogP contribution is -2.23. The van der Waals surface area contributed by atoms with Gasteiger partial charge in [0.15, 0.2) is 0 Å². The monoisotopic (exact) mass is 288 g/mol. The lowest BCUT2D eigenvalue weighted by Gasteiger charge is -2.08. The smallest absolute Gasteiger partial charge is 0.253 e. The molecule has 0 radical (unpaired) electrons. The van der Waals surface area contributed by atoms with Gasteiger partial charge in [-0.1, -0.05) is 42.8 Å². The first kappa shape index (κ1) is 14.4. The van der Waals surface area contributed by atoms with Crippen molar-refractivity contribution in [2.75, 3.05) is 5.73 Å². The van der Waals surface area contributed by atoms with Gasteiger partial charge in [-0.05, 0) is 35.7 Å². The van der Waals surface area contributed by atoms with E-state index in [4.69, 9.17) is 17.3 Å². The van der Waals surface area contributed by atoms with Crippen LogP contribution in [0, 0.1) is 0 Å². The fourth-order valence-electron chi connectivity index (χ4n) is 1.91. The Bertz CT molecular complexity index is 608. The number of rotatable bonds is 4. The summed E-state index contributed by atoms with van der Waals surface area (Å²) < 4.78 is 0. The van der Waals surface area contributed by atoms with Crippen LogP contribution in [0.15, 0.2) is 42.5 Å². The average molecular weight is 289 g/mol. The van der Waals surface area contributed by atoms with Gasteiger partial charge in [0.05, 0.1) is 5.56 Å². The van der Waals surface area contributed by atoms with Gasteiger partial charge in [0.1, 0.15) is 0 Å². The summed E-state index contributed by atoms with van der Waals surface area (Å²) in [7, 11) is 0. The molecule has 3 N–H and O–H groups in total. The van der Waals surface area contributed by atoms with E-state index in [1.54, 1.807) is 18.2 Å². The predicted molar refractivity (Wildman–Crippen MR) is 82.9 cm³/mol. The first-order valence-corrected chi connectivity index (χ1v) is 6.89. The molecule has 0 aliphatic heterocycles. The second-order valence-corrected chi connectivity index (χ2v) is 5.02. The zero-order valence-electron chi connectivity index (χ0n) is 11.3. The van der Waals surface area contributed by atoms with E-state index in [0.717, 1.165) is 12.0 Å². The molecule has 0 bridgehead atoms. The van der Waals surface area contributed by atoms with Gasteiger partial charge in [0, 0.05) is 17.3 Å². The van der Waals surface area contributed by atoms with Gasteiger partial charge in [-0.3, -0.25) is 4.79 Å². The molecule has 3 nitrogen and oxygen atoms in total. The van der Waals surface area contributed by atoms with Crippen molar-refractivity contribution in [3.8, 4) is 0 Å². The standard InChI is InChI=1S/C16H17ClN2O/c1-2-11-3-5-12(6-4-11)10-19-16(20)14-8-7-13(17)9-15(14)18/h3-9H,2,10,18H2,1H3,(H,19,20). The zero-order chi connectivity index (χ0) is 14.5. The van der Waals surface area contributed by atoms with Gasteiger partial charge in [0.2, 0.25) is 0 Å². The number of carbonyl (C=O) groups is 1. The number of anilines is 1. The van der Waals surface area contributed by atoms with Gasteiger partial charge in [-0.25, -0.2) is 0 Å². The quantitative estimate of drug-likeness (QED) is 0.847. The highest BCUT2D eigenvalue weighted by Gasteiger charge is 2.09. The highest BCUT2D eigenvalue weighted by molar-refractivity contribution is 6.31. The van der Waals surface area contributed by atoms with Crippen LogP contribution in [0.1, 0.15) is 28.4 Å². The van der Waals surface area contributed by atoms with Crippen molar-refractivity contribution >= 4 is 23.2 Å². The Morgan fingerprint density at radius 3 is 2.40 bits per heavy atom. The first-order chi connectivity index (χ1) is 9.60. The summed E-state index contributed by atoms with van der Waals surface area (Å²) >= 11 is 5.81. The number of amides is 1. The predicted octanol–water partition coefficient (Wildman–Crippen LogP) is 3.41. The van der Waals surface area contributed by atoms with Crippen molar-refractivity contribution in [1.82, 2.24) is 5.32 Å². The number of nitrogens with one attached hydrogen (secondary N) is 1. The van der Waals surface area contributed by atoms with Crippen molar-refractivity contribution in [3.05, 3.63) is 64.2 Å². The highest BCUT2D eigenvalue weighted by Crippen LogP contribution is 2.18. The molecule has 0 saturated heterocycles. The SMILES string of the molecule is CCc1ccc(CNC(=O)c2ccc(Cl)cc2N)cc1. The Morgan fingerprint density at radius 2 is 1.80 bits per heavy atom. The number of hydrogen-bond acceptors (Lipinski definition) is 2. The highest BCUT2D eigenvalue weighted by atomic mass is 35.5. The van der Waals surface area contributed by atoms with Crippen LogP contribution in [0.5, 0.6) is 0 Å². The molecular formula is C16H17ClN2O. The molecule has 104 valence electrons. The van der Waals surface area contributed by atoms with Crippen LogP contribution in [0.25, 0.3) is 0 Å². The first-order valence-electron chi connectivity index (χ1n) is 6.51. The van der Waals surface area contributed by atoms with Crippen molar-refractivity contribution in [3.63, 3.8) is 0 Å². The van der Waals surface area contributed by atoms with E-state index in [1.165, 1.54) is 5.56 Å². The Labute approximate surface area is 123 Å². The summed E-state index contributed by atoms with van der Waals surface area (Å²) in [5.41, 5.74) is 8.95. The van der Waals surface area contributed by atoms with Crippen LogP contribution < -0.4 is 11.1 Å². The van der Waals surface area contributed by atoms with Gasteiger partial charge >= 0.3 is 0 Å². The lowest BCUT2D eigenvalue weighted by molar-refractivity contribution is 0.0952. The molecule has 20 heavy (non-hydrogen) atoms. The Morgan fingerprint density at radius 1 is 1.15 bits per heavy atom. The van der Waals surface area contributed by atoms with E-state index >= 15 is 0 Å². The summed E-state index contributed by atoms with van der Waals surface area (Å²) in [5.74, 6) is -0.196. The molecule has 0 aliphatic carbocycles. The maximum atomic E-state index is 12.0. The molecule has 0 spiro atoms. The third-order valence-corrected chi connectivity index (χ3v) is 3.38. The number of nitrogen functional groups attached to an aromatic ring is 1. The van der Waals surface area contributed by atoms with E-state index in [0.29, 0.717) is 22.8 Å². The number of aryl methyl sites for hydroxylation is 1. The minimum absolute atomic E-state index is 0.196. The second-order valence-electron chi connectivity index (χ2n) is 4.58.